The Balaban J connectivity index is 1.37. The number of rotatable bonds is 7. The molecule has 2 aromatic heterocycles. The second kappa shape index (κ2) is 10.2. The van der Waals surface area contributed by atoms with Gasteiger partial charge >= 0.3 is 0 Å². The van der Waals surface area contributed by atoms with Crippen LogP contribution in [0.5, 0.6) is 11.5 Å². The molecule has 4 aromatic rings. The molecule has 9 heteroatoms. The molecule has 3 heterocycles. The first kappa shape index (κ1) is 23.6. The van der Waals surface area contributed by atoms with Gasteiger partial charge in [-0.25, -0.2) is 9.97 Å². The molecular weight excluding hydrogens is 480 g/mol. The van der Waals surface area contributed by atoms with Gasteiger partial charge in [0.2, 0.25) is 5.91 Å². The van der Waals surface area contributed by atoms with Gasteiger partial charge in [-0.05, 0) is 49.7 Å². The van der Waals surface area contributed by atoms with Gasteiger partial charge in [0.15, 0.2) is 11.5 Å². The monoisotopic (exact) mass is 506 g/mol. The fourth-order valence-electron chi connectivity index (χ4n) is 4.41. The van der Waals surface area contributed by atoms with Crippen LogP contribution in [0.15, 0.2) is 65.8 Å². The van der Waals surface area contributed by atoms with Crippen molar-refractivity contribution >= 4 is 44.9 Å². The Kier molecular flexibility index (Phi) is 6.90. The second-order valence-electron chi connectivity index (χ2n) is 8.46. The lowest BCUT2D eigenvalue weighted by Crippen LogP contribution is -2.39. The van der Waals surface area contributed by atoms with Gasteiger partial charge in [-0.2, -0.15) is 0 Å². The zero-order chi connectivity index (χ0) is 24.4. The van der Waals surface area contributed by atoms with Crippen LogP contribution >= 0.6 is 23.1 Å². The van der Waals surface area contributed by atoms with Crippen molar-refractivity contribution in [2.75, 3.05) is 19.0 Å². The molecule has 0 aliphatic carbocycles. The van der Waals surface area contributed by atoms with Gasteiger partial charge in [-0.1, -0.05) is 18.2 Å². The SMILES string of the molecule is COc1cccc(CN2C[C@H](Sc3ccccn3)C[C@H]2C(=O)Nc2ccc3sc(C)nc3c2)c1O. The van der Waals surface area contributed by atoms with Crippen LogP contribution in [0.4, 0.5) is 5.69 Å². The Morgan fingerprint density at radius 2 is 2.14 bits per heavy atom. The van der Waals surface area contributed by atoms with Crippen molar-refractivity contribution in [2.24, 2.45) is 0 Å². The summed E-state index contributed by atoms with van der Waals surface area (Å²) < 4.78 is 6.38. The number of aromatic nitrogens is 2. The fraction of sp³-hybridized carbons (Fsp3) is 0.269. The quantitative estimate of drug-likeness (QED) is 0.361. The smallest absolute Gasteiger partial charge is 0.241 e. The number of aromatic hydroxyl groups is 1. The van der Waals surface area contributed by atoms with E-state index in [9.17, 15) is 9.90 Å². The molecule has 0 radical (unpaired) electrons. The minimum atomic E-state index is -0.352. The van der Waals surface area contributed by atoms with E-state index >= 15 is 0 Å². The molecule has 2 atom stereocenters. The largest absolute Gasteiger partial charge is 0.504 e. The zero-order valence-electron chi connectivity index (χ0n) is 19.5. The first-order valence-electron chi connectivity index (χ1n) is 11.3. The van der Waals surface area contributed by atoms with Crippen LogP contribution in [0.3, 0.4) is 0 Å². The number of nitrogens with one attached hydrogen (secondary N) is 1. The third kappa shape index (κ3) is 5.27. The molecule has 2 aromatic carbocycles. The molecule has 0 saturated carbocycles. The molecule has 1 fully saturated rings. The number of amides is 1. The number of para-hydroxylation sites is 1. The van der Waals surface area contributed by atoms with Gasteiger partial charge in [0, 0.05) is 35.8 Å². The Labute approximate surface area is 212 Å². The summed E-state index contributed by atoms with van der Waals surface area (Å²) in [7, 11) is 1.53. The molecule has 35 heavy (non-hydrogen) atoms. The number of nitrogens with zero attached hydrogens (tertiary/aromatic N) is 3. The van der Waals surface area contributed by atoms with Crippen LogP contribution < -0.4 is 10.1 Å². The number of fused-ring (bicyclic) bond motifs is 1. The molecule has 1 aliphatic heterocycles. The highest BCUT2D eigenvalue weighted by atomic mass is 32.2. The Morgan fingerprint density at radius 3 is 2.94 bits per heavy atom. The summed E-state index contributed by atoms with van der Waals surface area (Å²) in [6.45, 7) is 3.11. The van der Waals surface area contributed by atoms with Gasteiger partial charge in [-0.15, -0.1) is 23.1 Å². The summed E-state index contributed by atoms with van der Waals surface area (Å²) in [5.41, 5.74) is 2.35. The summed E-state index contributed by atoms with van der Waals surface area (Å²) in [5.74, 6) is 0.469. The molecular formula is C26H26N4O3S2. The normalized spacial score (nSPS) is 18.1. The first-order chi connectivity index (χ1) is 17.0. The molecule has 180 valence electrons. The molecule has 1 aliphatic rings. The molecule has 1 amide bonds. The van der Waals surface area contributed by atoms with E-state index in [0.29, 0.717) is 25.3 Å². The number of aryl methyl sites for hydroxylation is 1. The maximum atomic E-state index is 13.5. The topological polar surface area (TPSA) is 87.6 Å². The van der Waals surface area contributed by atoms with E-state index in [-0.39, 0.29) is 22.9 Å². The van der Waals surface area contributed by atoms with Crippen LogP contribution in [0.1, 0.15) is 17.0 Å². The molecule has 2 N–H and O–H groups in total. The summed E-state index contributed by atoms with van der Waals surface area (Å²) in [6.07, 6.45) is 2.46. The van der Waals surface area contributed by atoms with E-state index in [1.54, 1.807) is 35.4 Å². The highest BCUT2D eigenvalue weighted by molar-refractivity contribution is 7.99. The van der Waals surface area contributed by atoms with Crippen LogP contribution in [0.25, 0.3) is 10.2 Å². The standard InChI is InChI=1S/C26H26N4O3S2/c1-16-28-20-12-18(9-10-23(20)34-16)29-26(32)21-13-19(35-24-8-3-4-11-27-24)15-30(21)14-17-6-5-7-22(33-2)25(17)31/h3-12,19,21,31H,13-15H2,1-2H3,(H,29,32)/t19-,21+/m1/s1. The summed E-state index contributed by atoms with van der Waals surface area (Å²) in [4.78, 5) is 24.6. The Hall–Kier alpha value is -3.14. The number of pyridine rings is 1. The number of hydrogen-bond acceptors (Lipinski definition) is 8. The van der Waals surface area contributed by atoms with Crippen LogP contribution in [-0.4, -0.2) is 50.8 Å². The number of carbonyl (C=O) groups is 1. The van der Waals surface area contributed by atoms with Gasteiger partial charge in [-0.3, -0.25) is 9.69 Å². The highest BCUT2D eigenvalue weighted by Crippen LogP contribution is 2.36. The van der Waals surface area contributed by atoms with Gasteiger partial charge in [0.1, 0.15) is 0 Å². The van der Waals surface area contributed by atoms with Gasteiger partial charge < -0.3 is 15.2 Å². The number of phenolic OH excluding ortho intramolecular Hbond substituents is 1. The molecule has 5 rings (SSSR count). The fourth-order valence-corrected chi connectivity index (χ4v) is 6.38. The van der Waals surface area contributed by atoms with E-state index in [4.69, 9.17) is 4.74 Å². The molecule has 7 nitrogen and oxygen atoms in total. The van der Waals surface area contributed by atoms with Crippen molar-refractivity contribution in [3.63, 3.8) is 0 Å². The van der Waals surface area contributed by atoms with Crippen molar-refractivity contribution in [2.45, 2.75) is 36.2 Å². The van der Waals surface area contributed by atoms with Crippen molar-refractivity contribution in [3.8, 4) is 11.5 Å². The number of phenols is 1. The van der Waals surface area contributed by atoms with Crippen LogP contribution in [-0.2, 0) is 11.3 Å². The third-order valence-electron chi connectivity index (χ3n) is 6.03. The van der Waals surface area contributed by atoms with E-state index in [1.807, 2.05) is 55.5 Å². The number of anilines is 1. The second-order valence-corrected chi connectivity index (χ2v) is 11.0. The number of carbonyl (C=O) groups excluding carboxylic acids is 1. The summed E-state index contributed by atoms with van der Waals surface area (Å²) in [6, 6.07) is 16.8. The number of likely N-dealkylation sites (tertiary alicyclic amines) is 1. The van der Waals surface area contributed by atoms with E-state index in [0.717, 1.165) is 31.5 Å². The third-order valence-corrected chi connectivity index (χ3v) is 8.14. The minimum absolute atomic E-state index is 0.0668. The van der Waals surface area contributed by atoms with Crippen LogP contribution in [0.2, 0.25) is 0 Å². The average Bonchev–Trinajstić information content (AvgIpc) is 3.42. The van der Waals surface area contributed by atoms with Crippen molar-refractivity contribution < 1.29 is 14.6 Å². The van der Waals surface area contributed by atoms with Crippen molar-refractivity contribution in [3.05, 3.63) is 71.4 Å². The zero-order valence-corrected chi connectivity index (χ0v) is 21.1. The highest BCUT2D eigenvalue weighted by Gasteiger charge is 2.38. The lowest BCUT2D eigenvalue weighted by molar-refractivity contribution is -0.120. The van der Waals surface area contributed by atoms with Crippen LogP contribution in [0, 0.1) is 6.92 Å². The molecule has 0 bridgehead atoms. The predicted octanol–water partition coefficient (Wildman–Crippen LogP) is 5.09. The van der Waals surface area contributed by atoms with Gasteiger partial charge in [0.25, 0.3) is 0 Å². The Bertz CT molecular complexity index is 1350. The van der Waals surface area contributed by atoms with Crippen molar-refractivity contribution in [1.29, 1.82) is 0 Å². The average molecular weight is 507 g/mol. The number of benzene rings is 2. The minimum Gasteiger partial charge on any atom is -0.504 e. The van der Waals surface area contributed by atoms with Gasteiger partial charge in [0.05, 0.1) is 33.4 Å². The number of thioether (sulfide) groups is 1. The lowest BCUT2D eigenvalue weighted by atomic mass is 10.1. The summed E-state index contributed by atoms with van der Waals surface area (Å²) >= 11 is 3.32. The molecule has 1 saturated heterocycles. The predicted molar refractivity (Wildman–Crippen MR) is 140 cm³/mol. The molecule has 0 unspecified atom stereocenters. The van der Waals surface area contributed by atoms with E-state index in [2.05, 4.69) is 20.2 Å². The van der Waals surface area contributed by atoms with E-state index < -0.39 is 0 Å². The number of ether oxygens (including phenoxy) is 1. The number of thiazole rings is 1. The Morgan fingerprint density at radius 1 is 1.26 bits per heavy atom. The lowest BCUT2D eigenvalue weighted by Gasteiger charge is -2.24. The molecule has 0 spiro atoms. The van der Waals surface area contributed by atoms with Crippen molar-refractivity contribution in [1.82, 2.24) is 14.9 Å². The summed E-state index contributed by atoms with van der Waals surface area (Å²) in [5, 5.41) is 15.9. The maximum absolute atomic E-state index is 13.5. The van der Waals surface area contributed by atoms with E-state index in [1.165, 1.54) is 7.11 Å². The maximum Gasteiger partial charge on any atom is 0.241 e. The number of methoxy groups -OCH3 is 1. The number of hydrogen-bond donors (Lipinski definition) is 2. The first-order valence-corrected chi connectivity index (χ1v) is 13.0.